The average Bonchev–Trinajstić information content (AvgIpc) is 3.46. The number of hydrogen-bond acceptors (Lipinski definition) is 6. The monoisotopic (exact) mass is 544 g/mol. The zero-order valence-corrected chi connectivity index (χ0v) is 23.1. The van der Waals surface area contributed by atoms with Crippen LogP contribution in [0.15, 0.2) is 60.7 Å². The van der Waals surface area contributed by atoms with Crippen LogP contribution in [0.1, 0.15) is 44.2 Å². The lowest BCUT2D eigenvalue weighted by atomic mass is 10.0. The number of amides is 1. The second-order valence-electron chi connectivity index (χ2n) is 10.9. The number of nitrogens with zero attached hydrogens (tertiary/aromatic N) is 1. The molecule has 0 radical (unpaired) electrons. The highest BCUT2D eigenvalue weighted by Crippen LogP contribution is 2.37. The lowest BCUT2D eigenvalue weighted by molar-refractivity contribution is 0.0554. The molecule has 9 heteroatoms. The number of sulfonamides is 1. The molecule has 2 N–H and O–H groups in total. The lowest BCUT2D eigenvalue weighted by Gasteiger charge is -2.31. The second kappa shape index (κ2) is 13.1. The highest BCUT2D eigenvalue weighted by molar-refractivity contribution is 7.88. The van der Waals surface area contributed by atoms with Crippen LogP contribution < -0.4 is 5.32 Å². The van der Waals surface area contributed by atoms with Crippen molar-refractivity contribution in [3.05, 3.63) is 71.8 Å². The Balaban J connectivity index is 1.45. The topological polar surface area (TPSA) is 105 Å². The molecule has 4 rings (SSSR count). The van der Waals surface area contributed by atoms with Crippen molar-refractivity contribution in [3.8, 4) is 0 Å². The molecule has 0 bridgehead atoms. The van der Waals surface area contributed by atoms with Crippen molar-refractivity contribution in [2.75, 3.05) is 19.7 Å². The minimum atomic E-state index is -3.71. The van der Waals surface area contributed by atoms with Crippen LogP contribution in [0.4, 0.5) is 4.79 Å². The molecule has 1 unspecified atom stereocenters. The third kappa shape index (κ3) is 8.02. The van der Waals surface area contributed by atoms with E-state index in [9.17, 15) is 18.3 Å². The minimum absolute atomic E-state index is 0.0577. The smallest absolute Gasteiger partial charge is 0.407 e. The predicted octanol–water partition coefficient (Wildman–Crippen LogP) is 3.74. The van der Waals surface area contributed by atoms with Crippen molar-refractivity contribution in [1.29, 1.82) is 0 Å². The number of carbonyl (C=O) groups is 1. The number of aliphatic hydroxyl groups is 1. The summed E-state index contributed by atoms with van der Waals surface area (Å²) in [7, 11) is -3.71. The molecule has 2 fully saturated rings. The van der Waals surface area contributed by atoms with Gasteiger partial charge in [0.1, 0.15) is 6.10 Å². The van der Waals surface area contributed by atoms with Gasteiger partial charge in [-0.15, -0.1) is 0 Å². The van der Waals surface area contributed by atoms with Gasteiger partial charge in [0, 0.05) is 26.1 Å². The van der Waals surface area contributed by atoms with Crippen LogP contribution >= 0.6 is 0 Å². The Bertz CT molecular complexity index is 1120. The van der Waals surface area contributed by atoms with E-state index in [0.29, 0.717) is 24.3 Å². The van der Waals surface area contributed by atoms with Gasteiger partial charge in [0.15, 0.2) is 0 Å². The van der Waals surface area contributed by atoms with Gasteiger partial charge in [-0.25, -0.2) is 13.2 Å². The summed E-state index contributed by atoms with van der Waals surface area (Å²) in [5.74, 6) is 0.332. The van der Waals surface area contributed by atoms with Crippen molar-refractivity contribution in [2.24, 2.45) is 11.8 Å². The molecule has 2 aromatic carbocycles. The van der Waals surface area contributed by atoms with Gasteiger partial charge in [0.25, 0.3) is 0 Å². The summed E-state index contributed by atoms with van der Waals surface area (Å²) in [6, 6.07) is 17.8. The Labute approximate surface area is 226 Å². The molecule has 0 spiro atoms. The van der Waals surface area contributed by atoms with Crippen LogP contribution in [-0.2, 0) is 31.7 Å². The Kier molecular flexibility index (Phi) is 9.81. The molecular formula is C29H40N2O6S. The zero-order chi connectivity index (χ0) is 27.1. The molecule has 1 saturated carbocycles. The standard InChI is InChI=1S/C29H40N2O6S/c1-21(2)18-31(38(34,35)20-23-11-7-4-8-12-23)19-27(32)26(15-22-9-5-3-6-10-22)30-29(33)37-25-16-24-13-14-36-28(24)17-25/h3-12,21,24-28,32H,13-20H2,1-2H3,(H,30,33)/t24?,25-,26+,27-,28-/m1/s1. The van der Waals surface area contributed by atoms with Gasteiger partial charge in [-0.2, -0.15) is 4.31 Å². The van der Waals surface area contributed by atoms with Crippen LogP contribution in [0.2, 0.25) is 0 Å². The van der Waals surface area contributed by atoms with E-state index in [2.05, 4.69) is 5.32 Å². The zero-order valence-electron chi connectivity index (χ0n) is 22.2. The van der Waals surface area contributed by atoms with Crippen LogP contribution in [-0.4, -0.2) is 68.0 Å². The summed E-state index contributed by atoms with van der Waals surface area (Å²) in [5.41, 5.74) is 1.60. The van der Waals surface area contributed by atoms with Gasteiger partial charge in [-0.05, 0) is 42.2 Å². The normalized spacial score (nSPS) is 22.8. The molecule has 1 amide bonds. The fraction of sp³-hybridized carbons (Fsp3) is 0.552. The van der Waals surface area contributed by atoms with Gasteiger partial charge in [0.2, 0.25) is 10.0 Å². The Hall–Kier alpha value is -2.46. The molecule has 38 heavy (non-hydrogen) atoms. The van der Waals surface area contributed by atoms with Crippen molar-refractivity contribution < 1.29 is 27.8 Å². The highest BCUT2D eigenvalue weighted by Gasteiger charge is 2.40. The van der Waals surface area contributed by atoms with Crippen LogP contribution in [0.5, 0.6) is 0 Å². The predicted molar refractivity (Wildman–Crippen MR) is 146 cm³/mol. The molecule has 2 aromatic rings. The Morgan fingerprint density at radius 1 is 1.05 bits per heavy atom. The molecule has 1 heterocycles. The van der Waals surface area contributed by atoms with Gasteiger partial charge in [-0.1, -0.05) is 74.5 Å². The maximum absolute atomic E-state index is 13.4. The molecular weight excluding hydrogens is 504 g/mol. The summed E-state index contributed by atoms with van der Waals surface area (Å²) in [6.45, 7) is 4.77. The number of hydrogen-bond donors (Lipinski definition) is 2. The number of carbonyl (C=O) groups excluding carboxylic acids is 1. The summed E-state index contributed by atoms with van der Waals surface area (Å²) in [6.07, 6.45) is 0.986. The molecule has 1 saturated heterocycles. The first-order valence-electron chi connectivity index (χ1n) is 13.5. The van der Waals surface area contributed by atoms with Crippen molar-refractivity contribution in [1.82, 2.24) is 9.62 Å². The number of ether oxygens (including phenoxy) is 2. The van der Waals surface area contributed by atoms with E-state index in [1.54, 1.807) is 12.1 Å². The molecule has 8 nitrogen and oxygen atoms in total. The number of alkyl carbamates (subject to hydrolysis) is 1. The van der Waals surface area contributed by atoms with E-state index in [1.165, 1.54) is 4.31 Å². The molecule has 0 aromatic heterocycles. The summed E-state index contributed by atoms with van der Waals surface area (Å²) in [5, 5.41) is 14.2. The largest absolute Gasteiger partial charge is 0.446 e. The molecule has 2 aliphatic rings. The van der Waals surface area contributed by atoms with Crippen LogP contribution in [0.3, 0.4) is 0 Å². The summed E-state index contributed by atoms with van der Waals surface area (Å²) in [4.78, 5) is 12.9. The highest BCUT2D eigenvalue weighted by atomic mass is 32.2. The molecule has 1 aliphatic heterocycles. The number of rotatable bonds is 12. The van der Waals surface area contributed by atoms with Crippen LogP contribution in [0.25, 0.3) is 0 Å². The first-order chi connectivity index (χ1) is 18.2. The third-order valence-electron chi connectivity index (χ3n) is 7.29. The van der Waals surface area contributed by atoms with E-state index in [0.717, 1.165) is 25.0 Å². The Morgan fingerprint density at radius 2 is 1.71 bits per heavy atom. The van der Waals surface area contributed by atoms with Gasteiger partial charge in [0.05, 0.1) is 24.0 Å². The van der Waals surface area contributed by atoms with Crippen molar-refractivity contribution >= 4 is 16.1 Å². The van der Waals surface area contributed by atoms with Gasteiger partial charge >= 0.3 is 6.09 Å². The number of aliphatic hydroxyl groups excluding tert-OH is 1. The van der Waals surface area contributed by atoms with E-state index in [-0.39, 0.29) is 37.0 Å². The maximum atomic E-state index is 13.4. The van der Waals surface area contributed by atoms with E-state index >= 15 is 0 Å². The first-order valence-corrected chi connectivity index (χ1v) is 15.1. The first kappa shape index (κ1) is 28.5. The number of benzene rings is 2. The maximum Gasteiger partial charge on any atom is 0.407 e. The second-order valence-corrected chi connectivity index (χ2v) is 12.9. The molecule has 1 aliphatic carbocycles. The third-order valence-corrected chi connectivity index (χ3v) is 9.07. The van der Waals surface area contributed by atoms with E-state index in [4.69, 9.17) is 9.47 Å². The number of fused-ring (bicyclic) bond motifs is 1. The molecule has 5 atom stereocenters. The summed E-state index contributed by atoms with van der Waals surface area (Å²) >= 11 is 0. The lowest BCUT2D eigenvalue weighted by Crippen LogP contribution is -2.51. The minimum Gasteiger partial charge on any atom is -0.446 e. The van der Waals surface area contributed by atoms with Crippen LogP contribution in [0, 0.1) is 11.8 Å². The number of nitrogens with one attached hydrogen (secondary N) is 1. The average molecular weight is 545 g/mol. The summed E-state index contributed by atoms with van der Waals surface area (Å²) < 4.78 is 39.6. The quantitative estimate of drug-likeness (QED) is 0.422. The van der Waals surface area contributed by atoms with E-state index < -0.39 is 28.3 Å². The fourth-order valence-corrected chi connectivity index (χ4v) is 7.12. The van der Waals surface area contributed by atoms with Crippen molar-refractivity contribution in [2.45, 2.75) is 69.6 Å². The Morgan fingerprint density at radius 3 is 2.34 bits per heavy atom. The van der Waals surface area contributed by atoms with Gasteiger partial charge < -0.3 is 19.9 Å². The van der Waals surface area contributed by atoms with Crippen molar-refractivity contribution in [3.63, 3.8) is 0 Å². The van der Waals surface area contributed by atoms with E-state index in [1.807, 2.05) is 62.4 Å². The molecule has 208 valence electrons. The fourth-order valence-electron chi connectivity index (χ4n) is 5.42. The van der Waals surface area contributed by atoms with Gasteiger partial charge in [-0.3, -0.25) is 0 Å². The SMILES string of the molecule is CC(C)CN(C[C@@H](O)[C@H](Cc1ccccc1)NC(=O)O[C@@H]1CC2CCO[C@@H]2C1)S(=O)(=O)Cc1ccccc1.